The quantitative estimate of drug-likeness (QED) is 0.749. The van der Waals surface area contributed by atoms with Gasteiger partial charge >= 0.3 is 0 Å². The second-order valence-electron chi connectivity index (χ2n) is 6.69. The number of tetrazole rings is 1. The highest BCUT2D eigenvalue weighted by atomic mass is 32.2. The zero-order valence-electron chi connectivity index (χ0n) is 15.2. The summed E-state index contributed by atoms with van der Waals surface area (Å²) in [4.78, 5) is 12.3. The van der Waals surface area contributed by atoms with Gasteiger partial charge in [0.25, 0.3) is 0 Å². The molecule has 1 fully saturated rings. The molecule has 26 heavy (non-hydrogen) atoms. The summed E-state index contributed by atoms with van der Waals surface area (Å²) in [5, 5.41) is 15.6. The monoisotopic (exact) mass is 375 g/mol. The zero-order valence-corrected chi connectivity index (χ0v) is 16.0. The lowest BCUT2D eigenvalue weighted by atomic mass is 9.86. The predicted molar refractivity (Wildman–Crippen MR) is 100 cm³/mol. The van der Waals surface area contributed by atoms with Crippen molar-refractivity contribution in [1.82, 2.24) is 25.5 Å². The lowest BCUT2D eigenvalue weighted by Crippen LogP contribution is -2.41. The average Bonchev–Trinajstić information content (AvgIpc) is 3.09. The Morgan fingerprint density at radius 3 is 2.81 bits per heavy atom. The molecule has 0 saturated heterocycles. The Labute approximate surface area is 157 Å². The third-order valence-corrected chi connectivity index (χ3v) is 5.74. The van der Waals surface area contributed by atoms with Crippen LogP contribution in [-0.2, 0) is 11.3 Å². The van der Waals surface area contributed by atoms with E-state index in [0.29, 0.717) is 29.4 Å². The highest BCUT2D eigenvalue weighted by molar-refractivity contribution is 7.99. The van der Waals surface area contributed by atoms with Crippen molar-refractivity contribution >= 4 is 17.7 Å². The molecule has 0 spiro atoms. The number of nitrogens with one attached hydrogen (secondary N) is 1. The molecule has 2 aromatic rings. The molecule has 0 aliphatic heterocycles. The van der Waals surface area contributed by atoms with Crippen LogP contribution in [0, 0.1) is 5.92 Å². The van der Waals surface area contributed by atoms with Gasteiger partial charge in [0.05, 0.1) is 19.4 Å². The second-order valence-corrected chi connectivity index (χ2v) is 7.63. The Morgan fingerprint density at radius 2 is 2.08 bits per heavy atom. The number of hydrogen-bond acceptors (Lipinski definition) is 6. The molecule has 1 saturated carbocycles. The number of benzene rings is 1. The van der Waals surface area contributed by atoms with E-state index < -0.39 is 0 Å². The van der Waals surface area contributed by atoms with Crippen LogP contribution in [0.1, 0.15) is 38.2 Å². The van der Waals surface area contributed by atoms with Gasteiger partial charge in [-0.2, -0.15) is 0 Å². The van der Waals surface area contributed by atoms with Crippen molar-refractivity contribution in [3.63, 3.8) is 0 Å². The number of ether oxygens (including phenoxy) is 1. The van der Waals surface area contributed by atoms with E-state index in [0.717, 1.165) is 17.7 Å². The van der Waals surface area contributed by atoms with Gasteiger partial charge in [-0.15, -0.1) is 5.10 Å². The summed E-state index contributed by atoms with van der Waals surface area (Å²) in [5.41, 5.74) is 1.07. The number of rotatable bonds is 7. The molecule has 8 heteroatoms. The highest BCUT2D eigenvalue weighted by Crippen LogP contribution is 2.24. The van der Waals surface area contributed by atoms with Gasteiger partial charge in [-0.05, 0) is 46.9 Å². The molecule has 1 aliphatic rings. The van der Waals surface area contributed by atoms with Gasteiger partial charge in [0, 0.05) is 6.04 Å². The number of hydrogen-bond donors (Lipinski definition) is 1. The number of carbonyl (C=O) groups is 1. The number of aromatic nitrogens is 4. The van der Waals surface area contributed by atoms with E-state index in [9.17, 15) is 4.79 Å². The predicted octanol–water partition coefficient (Wildman–Crippen LogP) is 2.52. The fourth-order valence-corrected chi connectivity index (χ4v) is 3.90. The topological polar surface area (TPSA) is 81.9 Å². The van der Waals surface area contributed by atoms with Crippen LogP contribution in [-0.4, -0.2) is 45.0 Å². The lowest BCUT2D eigenvalue weighted by Gasteiger charge is -2.29. The molecule has 3 rings (SSSR count). The summed E-state index contributed by atoms with van der Waals surface area (Å²) in [5.74, 6) is 1.74. The van der Waals surface area contributed by atoms with Crippen LogP contribution in [0.4, 0.5) is 0 Å². The third kappa shape index (κ3) is 4.97. The molecular formula is C18H25N5O2S. The molecule has 140 valence electrons. The number of amides is 1. The minimum absolute atomic E-state index is 0.0488. The first-order valence-electron chi connectivity index (χ1n) is 8.97. The maximum atomic E-state index is 12.3. The van der Waals surface area contributed by atoms with Crippen molar-refractivity contribution in [2.45, 2.75) is 50.4 Å². The Kier molecular flexibility index (Phi) is 6.49. The molecule has 2 atom stereocenters. The van der Waals surface area contributed by atoms with E-state index in [-0.39, 0.29) is 5.91 Å². The Bertz CT molecular complexity index is 719. The maximum Gasteiger partial charge on any atom is 0.230 e. The van der Waals surface area contributed by atoms with Crippen LogP contribution in [0.5, 0.6) is 5.75 Å². The lowest BCUT2D eigenvalue weighted by molar-refractivity contribution is -0.119. The van der Waals surface area contributed by atoms with Crippen molar-refractivity contribution in [1.29, 1.82) is 0 Å². The van der Waals surface area contributed by atoms with E-state index in [2.05, 4.69) is 27.8 Å². The van der Waals surface area contributed by atoms with Gasteiger partial charge in [-0.25, -0.2) is 4.68 Å². The summed E-state index contributed by atoms with van der Waals surface area (Å²) in [6, 6.07) is 8.07. The summed E-state index contributed by atoms with van der Waals surface area (Å²) in [7, 11) is 1.64. The highest BCUT2D eigenvalue weighted by Gasteiger charge is 2.23. The average molecular weight is 375 g/mol. The fourth-order valence-electron chi connectivity index (χ4n) is 3.21. The van der Waals surface area contributed by atoms with Gasteiger partial charge in [0.2, 0.25) is 11.1 Å². The van der Waals surface area contributed by atoms with Gasteiger partial charge in [-0.1, -0.05) is 43.7 Å². The zero-order chi connectivity index (χ0) is 18.4. The minimum atomic E-state index is 0.0488. The smallest absolute Gasteiger partial charge is 0.230 e. The van der Waals surface area contributed by atoms with Crippen LogP contribution in [0.2, 0.25) is 0 Å². The van der Waals surface area contributed by atoms with Crippen LogP contribution < -0.4 is 10.1 Å². The Hall–Kier alpha value is -2.09. The van der Waals surface area contributed by atoms with Gasteiger partial charge in [0.15, 0.2) is 0 Å². The van der Waals surface area contributed by atoms with Crippen molar-refractivity contribution in [3.05, 3.63) is 29.8 Å². The van der Waals surface area contributed by atoms with Crippen molar-refractivity contribution in [2.75, 3.05) is 12.9 Å². The standard InChI is InChI=1S/C18H25N5O2S/c1-13-5-3-4-6-16(13)19-17(24)12-26-18-20-21-22-23(18)11-14-7-9-15(25-2)10-8-14/h7-10,13,16H,3-6,11-12H2,1-2H3,(H,19,24). The third-order valence-electron chi connectivity index (χ3n) is 4.78. The Morgan fingerprint density at radius 1 is 1.31 bits per heavy atom. The molecular weight excluding hydrogens is 350 g/mol. The number of thioether (sulfide) groups is 1. The molecule has 0 bridgehead atoms. The van der Waals surface area contributed by atoms with Crippen LogP contribution in [0.3, 0.4) is 0 Å². The van der Waals surface area contributed by atoms with Gasteiger partial charge < -0.3 is 10.1 Å². The Balaban J connectivity index is 1.52. The molecule has 1 N–H and O–H groups in total. The number of methoxy groups -OCH3 is 1. The van der Waals surface area contributed by atoms with Gasteiger partial charge in [-0.3, -0.25) is 4.79 Å². The van der Waals surface area contributed by atoms with E-state index in [4.69, 9.17) is 4.74 Å². The summed E-state index contributed by atoms with van der Waals surface area (Å²) in [6.45, 7) is 2.77. The van der Waals surface area contributed by atoms with Crippen molar-refractivity contribution in [2.24, 2.45) is 5.92 Å². The molecule has 1 aromatic carbocycles. The van der Waals surface area contributed by atoms with E-state index >= 15 is 0 Å². The summed E-state index contributed by atoms with van der Waals surface area (Å²) < 4.78 is 6.88. The fraction of sp³-hybridized carbons (Fsp3) is 0.556. The van der Waals surface area contributed by atoms with Gasteiger partial charge in [0.1, 0.15) is 5.75 Å². The molecule has 1 amide bonds. The first kappa shape index (κ1) is 18.7. The SMILES string of the molecule is COc1ccc(Cn2nnnc2SCC(=O)NC2CCCCC2C)cc1. The van der Waals surface area contributed by atoms with Crippen molar-refractivity contribution < 1.29 is 9.53 Å². The minimum Gasteiger partial charge on any atom is -0.497 e. The molecule has 1 heterocycles. The van der Waals surface area contributed by atoms with Crippen LogP contribution in [0.15, 0.2) is 29.4 Å². The maximum absolute atomic E-state index is 12.3. The second kappa shape index (κ2) is 9.02. The normalized spacial score (nSPS) is 19.9. The molecule has 0 radical (unpaired) electrons. The van der Waals surface area contributed by atoms with Crippen molar-refractivity contribution in [3.8, 4) is 5.75 Å². The van der Waals surface area contributed by atoms with Crippen LogP contribution >= 0.6 is 11.8 Å². The molecule has 1 aromatic heterocycles. The van der Waals surface area contributed by atoms with E-state index in [1.165, 1.54) is 31.0 Å². The first-order valence-corrected chi connectivity index (χ1v) is 9.95. The molecule has 2 unspecified atom stereocenters. The molecule has 1 aliphatic carbocycles. The number of carbonyl (C=O) groups excluding carboxylic acids is 1. The molecule has 7 nitrogen and oxygen atoms in total. The summed E-state index contributed by atoms with van der Waals surface area (Å²) in [6.07, 6.45) is 4.73. The van der Waals surface area contributed by atoms with E-state index in [1.54, 1.807) is 11.8 Å². The van der Waals surface area contributed by atoms with Crippen LogP contribution in [0.25, 0.3) is 0 Å². The number of nitrogens with zero attached hydrogens (tertiary/aromatic N) is 4. The first-order chi connectivity index (χ1) is 12.7. The van der Waals surface area contributed by atoms with E-state index in [1.807, 2.05) is 24.3 Å². The summed E-state index contributed by atoms with van der Waals surface area (Å²) >= 11 is 1.37. The largest absolute Gasteiger partial charge is 0.497 e.